The molecular weight excluding hydrogens is 396 g/mol. The Balaban J connectivity index is 1.63. The monoisotopic (exact) mass is 424 g/mol. The van der Waals surface area contributed by atoms with Gasteiger partial charge >= 0.3 is 6.03 Å². The minimum atomic E-state index is -3.38. The number of hydrogen-bond donors (Lipinski definition) is 2. The second kappa shape index (κ2) is 7.61. The van der Waals surface area contributed by atoms with Crippen LogP contribution in [0.1, 0.15) is 44.7 Å². The number of urea groups is 1. The summed E-state index contributed by atoms with van der Waals surface area (Å²) >= 11 is 1.57. The van der Waals surface area contributed by atoms with Crippen LogP contribution in [0.15, 0.2) is 11.6 Å². The van der Waals surface area contributed by atoms with Gasteiger partial charge in [-0.25, -0.2) is 22.9 Å². The van der Waals surface area contributed by atoms with E-state index in [0.29, 0.717) is 25.9 Å². The molecule has 1 aromatic heterocycles. The molecule has 0 saturated carbocycles. The normalized spacial score (nSPS) is 16.5. The first-order valence-electron chi connectivity index (χ1n) is 9.41. The third-order valence-corrected chi connectivity index (χ3v) is 8.40. The Hall–Kier alpha value is -1.71. The first kappa shape index (κ1) is 21.0. The molecule has 0 aliphatic carbocycles. The summed E-state index contributed by atoms with van der Waals surface area (Å²) < 4.78 is 27.7. The fourth-order valence-electron chi connectivity index (χ4n) is 3.23. The van der Waals surface area contributed by atoms with Gasteiger partial charge < -0.3 is 10.2 Å². The SMILES string of the molecule is Cc1cc(NC(=O)N2CCC(NS(=O)(=O)C(C)(C)C)CC2)c(C)c2scnc12. The average Bonchev–Trinajstić information content (AvgIpc) is 3.09. The van der Waals surface area contributed by atoms with Crippen molar-refractivity contribution >= 4 is 43.3 Å². The molecule has 2 heterocycles. The number of anilines is 1. The van der Waals surface area contributed by atoms with Crippen molar-refractivity contribution in [1.82, 2.24) is 14.6 Å². The molecule has 0 atom stereocenters. The highest BCUT2D eigenvalue weighted by Crippen LogP contribution is 2.31. The van der Waals surface area contributed by atoms with Crippen LogP contribution in [0.2, 0.25) is 0 Å². The lowest BCUT2D eigenvalue weighted by atomic mass is 10.1. The minimum absolute atomic E-state index is 0.134. The molecular formula is C19H28N4O3S2. The van der Waals surface area contributed by atoms with Gasteiger partial charge in [0.15, 0.2) is 0 Å². The highest BCUT2D eigenvalue weighted by molar-refractivity contribution is 7.90. The lowest BCUT2D eigenvalue weighted by Crippen LogP contribution is -2.50. The van der Waals surface area contributed by atoms with Crippen LogP contribution >= 0.6 is 11.3 Å². The van der Waals surface area contributed by atoms with Crippen LogP contribution in [0.5, 0.6) is 0 Å². The Morgan fingerprint density at radius 1 is 1.25 bits per heavy atom. The van der Waals surface area contributed by atoms with E-state index >= 15 is 0 Å². The van der Waals surface area contributed by atoms with Gasteiger partial charge in [0.05, 0.1) is 20.5 Å². The molecule has 0 radical (unpaired) electrons. The summed E-state index contributed by atoms with van der Waals surface area (Å²) in [5.41, 5.74) is 5.65. The zero-order valence-electron chi connectivity index (χ0n) is 17.0. The highest BCUT2D eigenvalue weighted by atomic mass is 32.2. The van der Waals surface area contributed by atoms with Crippen molar-refractivity contribution in [2.24, 2.45) is 0 Å². The largest absolute Gasteiger partial charge is 0.324 e. The third-order valence-electron chi connectivity index (χ3n) is 5.20. The number of nitrogens with one attached hydrogen (secondary N) is 2. The van der Waals surface area contributed by atoms with Gasteiger partial charge in [-0.2, -0.15) is 0 Å². The average molecular weight is 425 g/mol. The summed E-state index contributed by atoms with van der Waals surface area (Å²) in [5.74, 6) is 0. The number of piperidine rings is 1. The number of aromatic nitrogens is 1. The molecule has 154 valence electrons. The van der Waals surface area contributed by atoms with Gasteiger partial charge in [0.25, 0.3) is 0 Å². The molecule has 28 heavy (non-hydrogen) atoms. The van der Waals surface area contributed by atoms with Crippen molar-refractivity contribution in [3.05, 3.63) is 22.7 Å². The number of nitrogens with zero attached hydrogens (tertiary/aromatic N) is 2. The van der Waals surface area contributed by atoms with E-state index in [0.717, 1.165) is 27.0 Å². The van der Waals surface area contributed by atoms with Crippen molar-refractivity contribution in [3.63, 3.8) is 0 Å². The molecule has 1 fully saturated rings. The van der Waals surface area contributed by atoms with Crippen molar-refractivity contribution in [1.29, 1.82) is 0 Å². The number of fused-ring (bicyclic) bond motifs is 1. The van der Waals surface area contributed by atoms with Gasteiger partial charge in [0.2, 0.25) is 10.0 Å². The summed E-state index contributed by atoms with van der Waals surface area (Å²) in [5, 5.41) is 3.02. The smallest absolute Gasteiger partial charge is 0.321 e. The van der Waals surface area contributed by atoms with Gasteiger partial charge in [0.1, 0.15) is 0 Å². The van der Waals surface area contributed by atoms with Crippen molar-refractivity contribution in [2.75, 3.05) is 18.4 Å². The fourth-order valence-corrected chi connectivity index (χ4v) is 5.13. The number of aryl methyl sites for hydroxylation is 2. The standard InChI is InChI=1S/C19H28N4O3S2/c1-12-10-15(13(2)17-16(12)20-11-27-17)21-18(24)23-8-6-14(7-9-23)22-28(25,26)19(3,4)5/h10-11,14,22H,6-9H2,1-5H3,(H,21,24). The summed E-state index contributed by atoms with van der Waals surface area (Å²) in [6, 6.07) is 1.67. The van der Waals surface area contributed by atoms with E-state index in [1.807, 2.05) is 25.4 Å². The van der Waals surface area contributed by atoms with Crippen molar-refractivity contribution in [2.45, 2.75) is 58.2 Å². The first-order valence-corrected chi connectivity index (χ1v) is 11.8. The molecule has 1 saturated heterocycles. The number of carbonyl (C=O) groups excluding carboxylic acids is 1. The summed E-state index contributed by atoms with van der Waals surface area (Å²) in [4.78, 5) is 18.8. The predicted molar refractivity (Wildman–Crippen MR) is 115 cm³/mol. The van der Waals surface area contributed by atoms with Gasteiger partial charge in [-0.15, -0.1) is 11.3 Å². The third kappa shape index (κ3) is 4.16. The Kier molecular flexibility index (Phi) is 5.71. The molecule has 0 unspecified atom stereocenters. The van der Waals surface area contributed by atoms with E-state index in [2.05, 4.69) is 15.0 Å². The first-order chi connectivity index (χ1) is 13.0. The second-order valence-electron chi connectivity index (χ2n) is 8.32. The number of hydrogen-bond acceptors (Lipinski definition) is 5. The van der Waals surface area contributed by atoms with Gasteiger partial charge in [-0.3, -0.25) is 0 Å². The number of benzene rings is 1. The molecule has 9 heteroatoms. The van der Waals surface area contributed by atoms with E-state index in [1.165, 1.54) is 0 Å². The van der Waals surface area contributed by atoms with Crippen LogP contribution < -0.4 is 10.0 Å². The second-order valence-corrected chi connectivity index (χ2v) is 11.6. The Morgan fingerprint density at radius 3 is 2.50 bits per heavy atom. The molecule has 0 bridgehead atoms. The van der Waals surface area contributed by atoms with E-state index in [-0.39, 0.29) is 12.1 Å². The van der Waals surface area contributed by atoms with Crippen LogP contribution in [0, 0.1) is 13.8 Å². The van der Waals surface area contributed by atoms with Crippen LogP contribution in [0.4, 0.5) is 10.5 Å². The molecule has 2 amide bonds. The van der Waals surface area contributed by atoms with E-state index in [1.54, 1.807) is 37.0 Å². The number of sulfonamides is 1. The number of likely N-dealkylation sites (tertiary alicyclic amines) is 1. The minimum Gasteiger partial charge on any atom is -0.324 e. The molecule has 1 aliphatic rings. The van der Waals surface area contributed by atoms with Crippen molar-refractivity contribution < 1.29 is 13.2 Å². The lowest BCUT2D eigenvalue weighted by molar-refractivity contribution is 0.193. The predicted octanol–water partition coefficient (Wildman–Crippen LogP) is 3.63. The molecule has 1 aliphatic heterocycles. The van der Waals surface area contributed by atoms with Gasteiger partial charge in [-0.05, 0) is 64.7 Å². The maximum absolute atomic E-state index is 12.7. The topological polar surface area (TPSA) is 91.4 Å². The zero-order valence-corrected chi connectivity index (χ0v) is 18.6. The van der Waals surface area contributed by atoms with Crippen LogP contribution in [0.3, 0.4) is 0 Å². The van der Waals surface area contributed by atoms with Crippen LogP contribution in [-0.4, -0.2) is 48.2 Å². The maximum Gasteiger partial charge on any atom is 0.321 e. The van der Waals surface area contributed by atoms with Gasteiger partial charge in [-0.1, -0.05) is 0 Å². The molecule has 7 nitrogen and oxygen atoms in total. The molecule has 2 N–H and O–H groups in total. The van der Waals surface area contributed by atoms with Crippen LogP contribution in [0.25, 0.3) is 10.2 Å². The van der Waals surface area contributed by atoms with Crippen LogP contribution in [-0.2, 0) is 10.0 Å². The molecule has 2 aromatic rings. The number of rotatable bonds is 3. The van der Waals surface area contributed by atoms with E-state index in [4.69, 9.17) is 0 Å². The zero-order chi connectivity index (χ0) is 20.7. The summed E-state index contributed by atoms with van der Waals surface area (Å²) in [6.07, 6.45) is 1.21. The van der Waals surface area contributed by atoms with Gasteiger partial charge in [0, 0.05) is 24.8 Å². The molecule has 1 aromatic carbocycles. The number of thiazole rings is 1. The quantitative estimate of drug-likeness (QED) is 0.787. The molecule has 0 spiro atoms. The van der Waals surface area contributed by atoms with Crippen molar-refractivity contribution in [3.8, 4) is 0 Å². The van der Waals surface area contributed by atoms with E-state index in [9.17, 15) is 13.2 Å². The summed E-state index contributed by atoms with van der Waals surface area (Å²) in [6.45, 7) is 10.1. The lowest BCUT2D eigenvalue weighted by Gasteiger charge is -2.33. The fraction of sp³-hybridized carbons (Fsp3) is 0.579. The number of amides is 2. The summed E-state index contributed by atoms with van der Waals surface area (Å²) in [7, 11) is -3.38. The number of carbonyl (C=O) groups is 1. The maximum atomic E-state index is 12.7. The molecule has 3 rings (SSSR count). The Morgan fingerprint density at radius 2 is 1.89 bits per heavy atom. The Bertz CT molecular complexity index is 985. The van der Waals surface area contributed by atoms with E-state index < -0.39 is 14.8 Å². The highest BCUT2D eigenvalue weighted by Gasteiger charge is 2.33. The Labute approximate surface area is 170 Å².